The van der Waals surface area contributed by atoms with Gasteiger partial charge in [0.2, 0.25) is 0 Å². The van der Waals surface area contributed by atoms with Gasteiger partial charge in [-0.2, -0.15) is 0 Å². The van der Waals surface area contributed by atoms with Crippen molar-refractivity contribution in [2.45, 2.75) is 119 Å². The van der Waals surface area contributed by atoms with Crippen LogP contribution in [0.1, 0.15) is 113 Å². The molecule has 5 fully saturated rings. The number of fused-ring (bicyclic) bond motifs is 2. The lowest BCUT2D eigenvalue weighted by Gasteiger charge is -2.62. The first-order chi connectivity index (χ1) is 17.2. The highest BCUT2D eigenvalue weighted by molar-refractivity contribution is 5.86. The molecule has 1 N–H and O–H groups in total. The number of hydrogen-bond donors (Lipinski definition) is 1. The lowest BCUT2D eigenvalue weighted by molar-refractivity contribution is -0.162. The molecule has 206 valence electrons. The molecule has 5 aliphatic carbocycles. The zero-order chi connectivity index (χ0) is 27.2. The predicted octanol–water partition coefficient (Wildman–Crippen LogP) is 6.98. The Labute approximate surface area is 223 Å². The molecule has 0 aromatic rings. The molecule has 0 radical (unpaired) electrons. The van der Waals surface area contributed by atoms with Crippen LogP contribution in [-0.2, 0) is 19.1 Å². The number of ketones is 1. The van der Waals surface area contributed by atoms with Gasteiger partial charge in [-0.15, -0.1) is 0 Å². The molecule has 5 saturated carbocycles. The lowest BCUT2D eigenvalue weighted by atomic mass is 9.42. The van der Waals surface area contributed by atoms with Crippen molar-refractivity contribution in [3.8, 4) is 0 Å². The molecular formula is C32H48O5. The fraction of sp³-hybridized carbons (Fsp3) is 0.844. The van der Waals surface area contributed by atoms with Gasteiger partial charge in [0.25, 0.3) is 0 Å². The third-order valence-corrected chi connectivity index (χ3v) is 13.5. The van der Waals surface area contributed by atoms with Crippen LogP contribution >= 0.6 is 0 Å². The van der Waals surface area contributed by atoms with Gasteiger partial charge in [-0.1, -0.05) is 40.7 Å². The van der Waals surface area contributed by atoms with E-state index in [1.165, 1.54) is 45.4 Å². The molecule has 0 saturated heterocycles. The second kappa shape index (κ2) is 8.42. The SMILES string of the molecule is CC(=O)O[C@H](C/C=C(/C)C(=O)O)[C@@H](C)[C@H]1CC[C@@]2(C)[C@@H]3CCC4C(C)(C)C(=O)CC[C@@]45CC35CC[C@]12C. The van der Waals surface area contributed by atoms with E-state index >= 15 is 0 Å². The first kappa shape index (κ1) is 26.9. The van der Waals surface area contributed by atoms with Crippen molar-refractivity contribution in [1.82, 2.24) is 0 Å². The third-order valence-electron chi connectivity index (χ3n) is 13.5. The highest BCUT2D eigenvalue weighted by atomic mass is 16.5. The molecule has 5 heteroatoms. The first-order valence-corrected chi connectivity index (χ1v) is 14.8. The standard InChI is InChI=1S/C32H48O5/c1-19(27(35)36)8-9-23(37-21(3)33)20(2)22-12-14-30(7)25-11-10-24-28(4,5)26(34)13-15-31(24)18-32(25,31)17-16-29(22,30)6/h8,20,22-25H,9-18H2,1-7H3,(H,35,36)/b19-8-/t20-,22+,23+,24?,25-,29+,30-,31+,32?/m0/s1. The summed E-state index contributed by atoms with van der Waals surface area (Å²) in [7, 11) is 0. The normalized spacial score (nSPS) is 45.5. The van der Waals surface area contributed by atoms with Crippen LogP contribution < -0.4 is 0 Å². The maximum atomic E-state index is 12.9. The van der Waals surface area contributed by atoms with Gasteiger partial charge < -0.3 is 9.84 Å². The largest absolute Gasteiger partial charge is 0.478 e. The number of carbonyl (C=O) groups excluding carboxylic acids is 2. The molecule has 2 spiro atoms. The summed E-state index contributed by atoms with van der Waals surface area (Å²) < 4.78 is 5.84. The van der Waals surface area contributed by atoms with Crippen molar-refractivity contribution in [3.05, 3.63) is 11.6 Å². The number of carbonyl (C=O) groups is 3. The van der Waals surface area contributed by atoms with Gasteiger partial charge in [-0.05, 0) is 104 Å². The number of carboxylic acids is 1. The van der Waals surface area contributed by atoms with Gasteiger partial charge in [-0.3, -0.25) is 9.59 Å². The molecule has 5 nitrogen and oxygen atoms in total. The van der Waals surface area contributed by atoms with Crippen LogP contribution in [0.2, 0.25) is 0 Å². The smallest absolute Gasteiger partial charge is 0.330 e. The van der Waals surface area contributed by atoms with Crippen molar-refractivity contribution in [2.75, 3.05) is 0 Å². The first-order valence-electron chi connectivity index (χ1n) is 14.8. The lowest BCUT2D eigenvalue weighted by Crippen LogP contribution is -2.57. The number of rotatable bonds is 6. The number of esters is 1. The molecule has 5 rings (SSSR count). The molecule has 9 atom stereocenters. The molecule has 0 aliphatic heterocycles. The molecular weight excluding hydrogens is 464 g/mol. The minimum Gasteiger partial charge on any atom is -0.478 e. The van der Waals surface area contributed by atoms with Crippen molar-refractivity contribution in [3.63, 3.8) is 0 Å². The second-order valence-corrected chi connectivity index (χ2v) is 14.7. The second-order valence-electron chi connectivity index (χ2n) is 14.7. The zero-order valence-electron chi connectivity index (χ0n) is 24.1. The number of ether oxygens (including phenoxy) is 1. The summed E-state index contributed by atoms with van der Waals surface area (Å²) in [6.07, 6.45) is 12.3. The molecule has 0 heterocycles. The number of carboxylic acid groups (broad SMARTS) is 1. The molecule has 0 amide bonds. The van der Waals surface area contributed by atoms with E-state index in [0.29, 0.717) is 46.4 Å². The van der Waals surface area contributed by atoms with E-state index in [1.807, 2.05) is 0 Å². The van der Waals surface area contributed by atoms with Crippen LogP contribution in [0, 0.1) is 50.7 Å². The molecule has 5 aliphatic rings. The van der Waals surface area contributed by atoms with Gasteiger partial charge in [0.15, 0.2) is 0 Å². The molecule has 0 aromatic carbocycles. The third kappa shape index (κ3) is 3.50. The number of aliphatic carboxylic acids is 1. The topological polar surface area (TPSA) is 80.7 Å². The number of hydrogen-bond acceptors (Lipinski definition) is 4. The Bertz CT molecular complexity index is 1040. The van der Waals surface area contributed by atoms with Crippen LogP contribution in [0.3, 0.4) is 0 Å². The van der Waals surface area contributed by atoms with Gasteiger partial charge in [-0.25, -0.2) is 4.79 Å². The summed E-state index contributed by atoms with van der Waals surface area (Å²) in [6, 6.07) is 0. The van der Waals surface area contributed by atoms with Crippen LogP contribution in [0.25, 0.3) is 0 Å². The Hall–Kier alpha value is -1.65. The average Bonchev–Trinajstić information content (AvgIpc) is 3.41. The van der Waals surface area contributed by atoms with Crippen molar-refractivity contribution >= 4 is 17.7 Å². The van der Waals surface area contributed by atoms with Gasteiger partial charge in [0, 0.05) is 30.8 Å². The van der Waals surface area contributed by atoms with Crippen LogP contribution in [0.15, 0.2) is 11.6 Å². The summed E-state index contributed by atoms with van der Waals surface area (Å²) in [5, 5.41) is 9.33. The van der Waals surface area contributed by atoms with Crippen molar-refractivity contribution < 1.29 is 24.2 Å². The van der Waals surface area contributed by atoms with Gasteiger partial charge in [0.1, 0.15) is 11.9 Å². The molecule has 2 unspecified atom stereocenters. The Morgan fingerprint density at radius 1 is 0.973 bits per heavy atom. The van der Waals surface area contributed by atoms with Crippen molar-refractivity contribution in [1.29, 1.82) is 0 Å². The highest BCUT2D eigenvalue weighted by Gasteiger charge is 2.82. The quantitative estimate of drug-likeness (QED) is 0.307. The Morgan fingerprint density at radius 2 is 1.62 bits per heavy atom. The molecule has 37 heavy (non-hydrogen) atoms. The van der Waals surface area contributed by atoms with E-state index in [1.54, 1.807) is 13.0 Å². The van der Waals surface area contributed by atoms with Crippen LogP contribution in [0.4, 0.5) is 0 Å². The minimum absolute atomic E-state index is 0.165. The molecule has 0 bridgehead atoms. The fourth-order valence-corrected chi connectivity index (χ4v) is 11.3. The number of Topliss-reactive ketones (excluding diaryl/α,β-unsaturated/α-hetero) is 1. The molecule has 0 aromatic heterocycles. The van der Waals surface area contributed by atoms with E-state index in [4.69, 9.17) is 4.74 Å². The monoisotopic (exact) mass is 512 g/mol. The summed E-state index contributed by atoms with van der Waals surface area (Å²) in [6.45, 7) is 14.8. The highest BCUT2D eigenvalue weighted by Crippen LogP contribution is 2.88. The predicted molar refractivity (Wildman–Crippen MR) is 143 cm³/mol. The van der Waals surface area contributed by atoms with E-state index in [2.05, 4.69) is 34.6 Å². The van der Waals surface area contributed by atoms with E-state index in [0.717, 1.165) is 19.3 Å². The summed E-state index contributed by atoms with van der Waals surface area (Å²) in [5.41, 5.74) is 1.33. The van der Waals surface area contributed by atoms with Gasteiger partial charge >= 0.3 is 11.9 Å². The van der Waals surface area contributed by atoms with E-state index < -0.39 is 5.97 Å². The zero-order valence-corrected chi connectivity index (χ0v) is 24.1. The summed E-state index contributed by atoms with van der Waals surface area (Å²) >= 11 is 0. The Balaban J connectivity index is 1.42. The maximum absolute atomic E-state index is 12.9. The Kier molecular flexibility index (Phi) is 6.13. The van der Waals surface area contributed by atoms with Crippen LogP contribution in [0.5, 0.6) is 0 Å². The summed E-state index contributed by atoms with van der Waals surface area (Å²) in [4.78, 5) is 36.3. The maximum Gasteiger partial charge on any atom is 0.330 e. The summed E-state index contributed by atoms with van der Waals surface area (Å²) in [5.74, 6) is 1.12. The van der Waals surface area contributed by atoms with Crippen molar-refractivity contribution in [2.24, 2.45) is 50.7 Å². The van der Waals surface area contributed by atoms with Crippen LogP contribution in [-0.4, -0.2) is 28.9 Å². The van der Waals surface area contributed by atoms with Gasteiger partial charge in [0.05, 0.1) is 0 Å². The van der Waals surface area contributed by atoms with E-state index in [9.17, 15) is 19.5 Å². The van der Waals surface area contributed by atoms with E-state index in [-0.39, 0.29) is 34.2 Å². The Morgan fingerprint density at radius 3 is 2.27 bits per heavy atom. The average molecular weight is 513 g/mol. The fourth-order valence-electron chi connectivity index (χ4n) is 11.3. The minimum atomic E-state index is -0.922.